The quantitative estimate of drug-likeness (QED) is 0.388. The minimum absolute atomic E-state index is 0. The van der Waals surface area contributed by atoms with Gasteiger partial charge in [-0.1, -0.05) is 4.57 Å². The molecule has 0 radical (unpaired) electrons. The SMILES string of the molecule is O=[PH2+].O=[Si+2].[Al+3].[O-2].[O-2].[Zn+2]. The summed E-state index contributed by atoms with van der Waals surface area (Å²) in [5.74, 6) is 0. The topological polar surface area (TPSA) is 91.1 Å². The monoisotopic (exact) mass is 216 g/mol. The molecule has 0 aliphatic heterocycles. The van der Waals surface area contributed by atoms with Gasteiger partial charge in [-0.25, -0.2) is 0 Å². The summed E-state index contributed by atoms with van der Waals surface area (Å²) in [6, 6.07) is 0. The second-order valence-electron chi connectivity index (χ2n) is 0. The Bertz CT molecular complexity index is 18.0. The largest absolute Gasteiger partial charge is 3.00 e. The molecule has 36 valence electrons. The average Bonchev–Trinajstić information content (AvgIpc) is 1.50. The summed E-state index contributed by atoms with van der Waals surface area (Å²) in [5.41, 5.74) is 0. The Morgan fingerprint density at radius 1 is 1.00 bits per heavy atom. The van der Waals surface area contributed by atoms with Crippen LogP contribution in [0.25, 0.3) is 0 Å². The molecule has 0 heterocycles. The van der Waals surface area contributed by atoms with Crippen molar-refractivity contribution >= 4 is 36.6 Å². The van der Waals surface area contributed by atoms with Crippen LogP contribution in [0.3, 0.4) is 0 Å². The van der Waals surface area contributed by atoms with Crippen LogP contribution in [0.4, 0.5) is 0 Å². The van der Waals surface area contributed by atoms with Crippen molar-refractivity contribution in [1.82, 2.24) is 0 Å². The van der Waals surface area contributed by atoms with Crippen LogP contribution in [-0.2, 0) is 39.5 Å². The van der Waals surface area contributed by atoms with E-state index >= 15 is 0 Å². The average molecular weight is 217 g/mol. The molecule has 8 heavy (non-hydrogen) atoms. The molecule has 0 saturated carbocycles. The fourth-order valence-corrected chi connectivity index (χ4v) is 0. The number of hydrogen-bond acceptors (Lipinski definition) is 2. The normalized spacial score (nSPS) is 1.25. The molecule has 0 aliphatic carbocycles. The summed E-state index contributed by atoms with van der Waals surface area (Å²) >= 11 is 0. The van der Waals surface area contributed by atoms with Crippen molar-refractivity contribution in [2.45, 2.75) is 0 Å². The molecule has 1 atom stereocenters. The van der Waals surface area contributed by atoms with Gasteiger partial charge in [-0.05, 0) is 0 Å². The molecule has 8 heteroatoms. The van der Waals surface area contributed by atoms with E-state index in [1.54, 1.807) is 10.1 Å². The van der Waals surface area contributed by atoms with Crippen LogP contribution < -0.4 is 0 Å². The first-order chi connectivity index (χ1) is 2.00. The van der Waals surface area contributed by atoms with Crippen LogP contribution in [0.15, 0.2) is 0 Å². The minimum atomic E-state index is 0. The molecule has 0 rings (SSSR count). The molecule has 0 spiro atoms. The van der Waals surface area contributed by atoms with Gasteiger partial charge in [0.2, 0.25) is 0 Å². The molecule has 0 amide bonds. The third kappa shape index (κ3) is 194. The van der Waals surface area contributed by atoms with E-state index in [1.807, 2.05) is 0 Å². The fraction of sp³-hybridized carbons (Fsp3) is 0. The Balaban J connectivity index is -0.00000000167. The van der Waals surface area contributed by atoms with Gasteiger partial charge in [-0.15, -0.1) is 0 Å². The maximum atomic E-state index is 8.17. The third-order valence-corrected chi connectivity index (χ3v) is 0. The van der Waals surface area contributed by atoms with Gasteiger partial charge in [0.25, 0.3) is 0 Å². The number of rotatable bonds is 0. The molecule has 0 aromatic carbocycles. The summed E-state index contributed by atoms with van der Waals surface area (Å²) < 4.78 is 16.2. The van der Waals surface area contributed by atoms with Gasteiger partial charge in [0.05, 0.1) is 0 Å². The van der Waals surface area contributed by atoms with Crippen molar-refractivity contribution in [2.75, 3.05) is 0 Å². The van der Waals surface area contributed by atoms with Crippen LogP contribution in [0, 0.1) is 0 Å². The van der Waals surface area contributed by atoms with Gasteiger partial charge in [-0.2, -0.15) is 0 Å². The summed E-state index contributed by atoms with van der Waals surface area (Å²) in [7, 11) is 2.89. The molecule has 0 aliphatic rings. The zero-order valence-corrected chi connectivity index (χ0v) is 10.3. The molecular weight excluding hydrogens is 215 g/mol. The van der Waals surface area contributed by atoms with E-state index in [0.717, 1.165) is 0 Å². The van der Waals surface area contributed by atoms with Gasteiger partial charge >= 0.3 is 60.5 Å². The Kier molecular flexibility index (Phi) is 2250. The van der Waals surface area contributed by atoms with Gasteiger partial charge in [0, 0.05) is 0 Å². The maximum Gasteiger partial charge on any atom is 3.00 e. The Morgan fingerprint density at radius 2 is 1.00 bits per heavy atom. The Hall–Kier alpha value is 1.19. The second-order valence-corrected chi connectivity index (χ2v) is 0. The summed E-state index contributed by atoms with van der Waals surface area (Å²) in [4.78, 5) is 0. The van der Waals surface area contributed by atoms with E-state index in [1.165, 1.54) is 9.12 Å². The predicted octanol–water partition coefficient (Wildman–Crippen LogP) is -0.914. The zero-order chi connectivity index (χ0) is 4.00. The standard InChI is InChI=1S/Al.H2OP.OSi.2O.Zn/c;2*1-2;;;/h;2H2;;;;/q+3;+1;+2;2*-2;+2. The van der Waals surface area contributed by atoms with Crippen LogP contribution in [-0.4, -0.2) is 27.5 Å². The van der Waals surface area contributed by atoms with Gasteiger partial charge in [0.1, 0.15) is 0 Å². The van der Waals surface area contributed by atoms with Crippen molar-refractivity contribution in [3.05, 3.63) is 0 Å². The molecular formula is H2AlO4PSiZn+4. The molecule has 0 saturated heterocycles. The molecule has 0 aromatic rings. The first-order valence-electron chi connectivity index (χ1n) is 0.440. The van der Waals surface area contributed by atoms with Crippen molar-refractivity contribution in [3.8, 4) is 0 Å². The van der Waals surface area contributed by atoms with Crippen molar-refractivity contribution in [1.29, 1.82) is 0 Å². The van der Waals surface area contributed by atoms with Crippen molar-refractivity contribution in [2.24, 2.45) is 0 Å². The minimum Gasteiger partial charge on any atom is -2.00 e. The summed E-state index contributed by atoms with van der Waals surface area (Å²) in [5, 5.41) is 0. The van der Waals surface area contributed by atoms with Crippen LogP contribution in [0.1, 0.15) is 0 Å². The van der Waals surface area contributed by atoms with Gasteiger partial charge < -0.3 is 11.0 Å². The number of hydrogen-bond donors (Lipinski definition) is 0. The molecule has 0 fully saturated rings. The zero-order valence-electron chi connectivity index (χ0n) is 3.99. The Morgan fingerprint density at radius 3 is 1.00 bits per heavy atom. The van der Waals surface area contributed by atoms with Crippen molar-refractivity contribution in [3.63, 3.8) is 0 Å². The molecule has 0 bridgehead atoms. The summed E-state index contributed by atoms with van der Waals surface area (Å²) in [6.07, 6.45) is 0. The Labute approximate surface area is 76.0 Å². The predicted molar refractivity (Wildman–Crippen MR) is 24.0 cm³/mol. The van der Waals surface area contributed by atoms with Gasteiger partial charge in [0.15, 0.2) is 0 Å². The van der Waals surface area contributed by atoms with E-state index in [9.17, 15) is 0 Å². The van der Waals surface area contributed by atoms with E-state index < -0.39 is 0 Å². The van der Waals surface area contributed by atoms with E-state index in [4.69, 9.17) is 9.03 Å². The van der Waals surface area contributed by atoms with E-state index in [-0.39, 0.29) is 47.8 Å². The third-order valence-electron chi connectivity index (χ3n) is 0. The van der Waals surface area contributed by atoms with E-state index in [2.05, 4.69) is 0 Å². The van der Waals surface area contributed by atoms with Crippen LogP contribution >= 0.6 is 9.12 Å². The molecule has 1 unspecified atom stereocenters. The van der Waals surface area contributed by atoms with E-state index in [0.29, 0.717) is 0 Å². The molecule has 4 nitrogen and oxygen atoms in total. The second kappa shape index (κ2) is 298. The smallest absolute Gasteiger partial charge is 2.00 e. The molecule has 0 aromatic heterocycles. The van der Waals surface area contributed by atoms with Crippen LogP contribution in [0.5, 0.6) is 0 Å². The van der Waals surface area contributed by atoms with Gasteiger partial charge in [-0.3, -0.25) is 0 Å². The van der Waals surface area contributed by atoms with Crippen molar-refractivity contribution < 1.29 is 39.5 Å². The fourth-order valence-electron chi connectivity index (χ4n) is 0. The van der Waals surface area contributed by atoms with Crippen LogP contribution in [0.2, 0.25) is 0 Å². The first kappa shape index (κ1) is 60.5. The first-order valence-corrected chi connectivity index (χ1v) is 1.32. The maximum absolute atomic E-state index is 8.17. The summed E-state index contributed by atoms with van der Waals surface area (Å²) in [6.45, 7) is 0. The molecule has 0 N–H and O–H groups in total.